The van der Waals surface area contributed by atoms with Crippen LogP contribution < -0.4 is 5.32 Å². The molecule has 0 radical (unpaired) electrons. The Morgan fingerprint density at radius 2 is 1.63 bits per heavy atom. The highest BCUT2D eigenvalue weighted by molar-refractivity contribution is 9.10. The Kier molecular flexibility index (Phi) is 9.54. The van der Waals surface area contributed by atoms with E-state index in [2.05, 4.69) is 15.9 Å². The number of ketones is 1. The number of Topliss-reactive ketones (excluding diaryl/α,β-unsaturated/α-hetero) is 1. The highest BCUT2D eigenvalue weighted by Gasteiger charge is 2.46. The first-order valence-electron chi connectivity index (χ1n) is 11.1. The third kappa shape index (κ3) is 7.46. The van der Waals surface area contributed by atoms with Crippen molar-refractivity contribution in [1.82, 2.24) is 5.32 Å². The molecule has 3 nitrogen and oxygen atoms in total. The summed E-state index contributed by atoms with van der Waals surface area (Å²) in [4.78, 5) is 25.3. The molecule has 0 spiro atoms. The predicted molar refractivity (Wildman–Crippen MR) is 138 cm³/mol. The largest absolute Gasteiger partial charge is 0.405 e. The third-order valence-corrected chi connectivity index (χ3v) is 8.09. The summed E-state index contributed by atoms with van der Waals surface area (Å²) >= 11 is 20.9. The fourth-order valence-corrected chi connectivity index (χ4v) is 5.32. The average molecular weight is 666 g/mol. The highest BCUT2D eigenvalue weighted by atomic mass is 79.9. The molecule has 0 bridgehead atoms. The van der Waals surface area contributed by atoms with Gasteiger partial charge in [-0.05, 0) is 48.2 Å². The van der Waals surface area contributed by atoms with E-state index in [1.807, 2.05) is 5.32 Å². The molecule has 1 aliphatic carbocycles. The van der Waals surface area contributed by atoms with E-state index < -0.39 is 41.9 Å². The minimum atomic E-state index is -4.67. The Hall–Kier alpha value is -1.75. The third-order valence-electron chi connectivity index (χ3n) is 6.23. The molecule has 1 saturated carbocycles. The summed E-state index contributed by atoms with van der Waals surface area (Å²) in [6.07, 6.45) is -6.27. The number of nitrogens with one attached hydrogen (secondary N) is 1. The molecule has 1 aliphatic rings. The van der Waals surface area contributed by atoms with Crippen molar-refractivity contribution in [2.75, 3.05) is 6.54 Å². The molecule has 1 unspecified atom stereocenters. The number of carbonyl (C=O) groups excluding carboxylic acids is 2. The molecule has 0 saturated heterocycles. The molecule has 1 fully saturated rings. The number of carbonyl (C=O) groups is 2. The van der Waals surface area contributed by atoms with Gasteiger partial charge in [0.2, 0.25) is 5.91 Å². The lowest BCUT2D eigenvalue weighted by atomic mass is 9.64. The lowest BCUT2D eigenvalue weighted by Gasteiger charge is -2.39. The Morgan fingerprint density at radius 3 is 2.11 bits per heavy atom. The smallest absolute Gasteiger partial charge is 0.346 e. The summed E-state index contributed by atoms with van der Waals surface area (Å²) in [6, 6.07) is 6.38. The Morgan fingerprint density at radius 1 is 1.03 bits per heavy atom. The fourth-order valence-electron chi connectivity index (χ4n) is 4.09. The second-order valence-corrected chi connectivity index (χ2v) is 11.0. The quantitative estimate of drug-likeness (QED) is 0.174. The number of benzene rings is 2. The van der Waals surface area contributed by atoms with Crippen LogP contribution in [0.2, 0.25) is 15.1 Å². The van der Waals surface area contributed by atoms with Crippen molar-refractivity contribution < 1.29 is 35.9 Å². The van der Waals surface area contributed by atoms with Crippen LogP contribution in [0.1, 0.15) is 53.1 Å². The van der Waals surface area contributed by atoms with Crippen LogP contribution in [0.3, 0.4) is 0 Å². The van der Waals surface area contributed by atoms with Gasteiger partial charge in [0.25, 0.3) is 0 Å². The molecular weight excluding hydrogens is 647 g/mol. The van der Waals surface area contributed by atoms with Crippen LogP contribution in [0.15, 0.2) is 40.9 Å². The minimum Gasteiger partial charge on any atom is -0.346 e. The predicted octanol–water partition coefficient (Wildman–Crippen LogP) is 9.19. The maximum absolute atomic E-state index is 13.8. The number of hydrogen-bond acceptors (Lipinski definition) is 2. The molecule has 3 rings (SSSR count). The molecular formula is C25H19BrCl3F6NO2. The summed E-state index contributed by atoms with van der Waals surface area (Å²) in [5.41, 5.74) is -0.953. The summed E-state index contributed by atoms with van der Waals surface area (Å²) in [5, 5.41) is 1.54. The summed E-state index contributed by atoms with van der Waals surface area (Å²) in [7, 11) is 0. The number of alkyl halides is 6. The maximum Gasteiger partial charge on any atom is 0.405 e. The standard InChI is InChI=1S/C25H19BrCl3F6NO2/c26-17-8-13(3-5-16(25(33,34)35)14-9-18(27)21(29)19(28)10-14)2-4-15(17)20(37)11-23(6-1-7-23)22(38)36-12-24(30,31)32/h2-5,8-10,16H,1,6-7,11-12H2,(H,36,38)/b5-3+. The lowest BCUT2D eigenvalue weighted by Crippen LogP contribution is -2.49. The Balaban J connectivity index is 1.78. The second kappa shape index (κ2) is 11.8. The van der Waals surface area contributed by atoms with E-state index in [4.69, 9.17) is 34.8 Å². The van der Waals surface area contributed by atoms with Crippen LogP contribution in [0.4, 0.5) is 26.3 Å². The highest BCUT2D eigenvalue weighted by Crippen LogP contribution is 2.46. The van der Waals surface area contributed by atoms with E-state index in [9.17, 15) is 35.9 Å². The van der Waals surface area contributed by atoms with E-state index in [1.165, 1.54) is 24.3 Å². The average Bonchev–Trinajstić information content (AvgIpc) is 2.76. The molecule has 0 aromatic heterocycles. The number of rotatable bonds is 8. The topological polar surface area (TPSA) is 46.2 Å². The van der Waals surface area contributed by atoms with Gasteiger partial charge in [0.1, 0.15) is 6.54 Å². The van der Waals surface area contributed by atoms with Gasteiger partial charge in [0, 0.05) is 16.5 Å². The molecule has 38 heavy (non-hydrogen) atoms. The molecule has 1 N–H and O–H groups in total. The molecule has 1 amide bonds. The van der Waals surface area contributed by atoms with Crippen molar-refractivity contribution in [3.05, 3.63) is 72.6 Å². The molecule has 13 heteroatoms. The Bertz CT molecular complexity index is 1240. The van der Waals surface area contributed by atoms with Crippen LogP contribution in [-0.4, -0.2) is 30.6 Å². The van der Waals surface area contributed by atoms with E-state index in [-0.39, 0.29) is 49.9 Å². The zero-order valence-corrected chi connectivity index (χ0v) is 23.1. The van der Waals surface area contributed by atoms with Crippen molar-refractivity contribution in [3.63, 3.8) is 0 Å². The molecule has 0 aliphatic heterocycles. The lowest BCUT2D eigenvalue weighted by molar-refractivity contribution is -0.148. The van der Waals surface area contributed by atoms with Crippen molar-refractivity contribution >= 4 is 68.5 Å². The summed E-state index contributed by atoms with van der Waals surface area (Å²) in [5.74, 6) is -3.36. The first-order chi connectivity index (χ1) is 17.5. The number of halogens is 10. The van der Waals surface area contributed by atoms with Gasteiger partial charge >= 0.3 is 12.4 Å². The van der Waals surface area contributed by atoms with Crippen LogP contribution in [0.25, 0.3) is 6.08 Å². The monoisotopic (exact) mass is 663 g/mol. The molecule has 1 atom stereocenters. The second-order valence-electron chi connectivity index (χ2n) is 8.95. The Labute approximate surface area is 237 Å². The summed E-state index contributed by atoms with van der Waals surface area (Å²) < 4.78 is 79.1. The van der Waals surface area contributed by atoms with Gasteiger partial charge in [-0.15, -0.1) is 0 Å². The van der Waals surface area contributed by atoms with Crippen LogP contribution in [-0.2, 0) is 4.79 Å². The van der Waals surface area contributed by atoms with E-state index in [1.54, 1.807) is 0 Å². The summed E-state index contributed by atoms with van der Waals surface area (Å²) in [6.45, 7) is -1.49. The van der Waals surface area contributed by atoms with Gasteiger partial charge in [-0.3, -0.25) is 9.59 Å². The molecule has 0 heterocycles. The van der Waals surface area contributed by atoms with E-state index in [0.717, 1.165) is 18.2 Å². The SMILES string of the molecule is O=C(CC1(C(=O)NCC(F)(F)F)CCC1)c1ccc(/C=C/C(c2cc(Cl)c(Cl)c(Cl)c2)C(F)(F)F)cc1Br. The van der Waals surface area contributed by atoms with Crippen molar-refractivity contribution in [1.29, 1.82) is 0 Å². The molecule has 206 valence electrons. The zero-order valence-electron chi connectivity index (χ0n) is 19.3. The van der Waals surface area contributed by atoms with Crippen LogP contribution >= 0.6 is 50.7 Å². The number of hydrogen-bond donors (Lipinski definition) is 1. The van der Waals surface area contributed by atoms with Gasteiger partial charge in [-0.2, -0.15) is 26.3 Å². The van der Waals surface area contributed by atoms with Crippen LogP contribution in [0, 0.1) is 5.41 Å². The fraction of sp³-hybridized carbons (Fsp3) is 0.360. The number of amides is 1. The van der Waals surface area contributed by atoms with Crippen molar-refractivity contribution in [2.45, 2.75) is 44.0 Å². The van der Waals surface area contributed by atoms with E-state index >= 15 is 0 Å². The zero-order chi connectivity index (χ0) is 28.5. The van der Waals surface area contributed by atoms with Gasteiger partial charge in [-0.25, -0.2) is 0 Å². The van der Waals surface area contributed by atoms with Gasteiger partial charge in [0.05, 0.1) is 26.4 Å². The first kappa shape index (κ1) is 30.8. The minimum absolute atomic E-state index is 0.0623. The van der Waals surface area contributed by atoms with Gasteiger partial charge < -0.3 is 5.32 Å². The first-order valence-corrected chi connectivity index (χ1v) is 13.0. The maximum atomic E-state index is 13.8. The van der Waals surface area contributed by atoms with E-state index in [0.29, 0.717) is 12.0 Å². The molecule has 2 aromatic carbocycles. The number of allylic oxidation sites excluding steroid dienone is 1. The van der Waals surface area contributed by atoms with Crippen molar-refractivity contribution in [3.8, 4) is 0 Å². The van der Waals surface area contributed by atoms with Gasteiger partial charge in [0.15, 0.2) is 5.78 Å². The van der Waals surface area contributed by atoms with Gasteiger partial charge in [-0.1, -0.05) is 75.4 Å². The van der Waals surface area contributed by atoms with Crippen LogP contribution in [0.5, 0.6) is 0 Å². The molecule has 2 aromatic rings. The van der Waals surface area contributed by atoms with Crippen molar-refractivity contribution in [2.24, 2.45) is 5.41 Å². The normalized spacial score (nSPS) is 16.3.